The SMILES string of the molecule is CN=C(NCC1(c2ccc(OC)cc2)CCOCC1)N1CCN(c2ccccc2F)CC1.I. The molecule has 0 radical (unpaired) electrons. The van der Waals surface area contributed by atoms with Crippen LogP contribution in [0.15, 0.2) is 53.5 Å². The fraction of sp³-hybridized carbons (Fsp3) is 0.480. The van der Waals surface area contributed by atoms with Crippen LogP contribution in [0.2, 0.25) is 0 Å². The van der Waals surface area contributed by atoms with Gasteiger partial charge in [0.25, 0.3) is 0 Å². The second-order valence-corrected chi connectivity index (χ2v) is 8.45. The lowest BCUT2D eigenvalue weighted by molar-refractivity contribution is 0.0511. The van der Waals surface area contributed by atoms with E-state index in [-0.39, 0.29) is 35.2 Å². The summed E-state index contributed by atoms with van der Waals surface area (Å²) < 4.78 is 25.2. The Balaban J connectivity index is 0.00000306. The van der Waals surface area contributed by atoms with E-state index in [0.717, 1.165) is 70.5 Å². The molecule has 0 saturated carbocycles. The summed E-state index contributed by atoms with van der Waals surface area (Å²) >= 11 is 0. The molecule has 4 rings (SSSR count). The maximum atomic E-state index is 14.2. The summed E-state index contributed by atoms with van der Waals surface area (Å²) in [5.41, 5.74) is 1.97. The Hall–Kier alpha value is -2.07. The molecule has 2 aliphatic rings. The summed E-state index contributed by atoms with van der Waals surface area (Å²) in [5.74, 6) is 1.61. The summed E-state index contributed by atoms with van der Waals surface area (Å²) in [4.78, 5) is 8.92. The zero-order valence-electron chi connectivity index (χ0n) is 19.4. The van der Waals surface area contributed by atoms with Gasteiger partial charge in [-0.1, -0.05) is 24.3 Å². The zero-order valence-corrected chi connectivity index (χ0v) is 21.8. The van der Waals surface area contributed by atoms with E-state index in [2.05, 4.69) is 32.2 Å². The fourth-order valence-corrected chi connectivity index (χ4v) is 4.72. The van der Waals surface area contributed by atoms with Crippen molar-refractivity contribution in [3.05, 3.63) is 59.9 Å². The third-order valence-electron chi connectivity index (χ3n) is 6.72. The molecule has 2 aliphatic heterocycles. The Morgan fingerprint density at radius 1 is 1.06 bits per heavy atom. The molecular weight excluding hydrogens is 534 g/mol. The number of halogens is 2. The van der Waals surface area contributed by atoms with Gasteiger partial charge in [-0.3, -0.25) is 4.99 Å². The molecule has 2 heterocycles. The third kappa shape index (κ3) is 5.90. The lowest BCUT2D eigenvalue weighted by atomic mass is 9.74. The van der Waals surface area contributed by atoms with Crippen molar-refractivity contribution in [2.24, 2.45) is 4.99 Å². The molecule has 0 spiro atoms. The number of aliphatic imine (C=N–C) groups is 1. The number of hydrogen-bond donors (Lipinski definition) is 1. The van der Waals surface area contributed by atoms with Crippen molar-refractivity contribution in [2.75, 3.05) is 65.0 Å². The van der Waals surface area contributed by atoms with Gasteiger partial charge in [0.15, 0.2) is 5.96 Å². The van der Waals surface area contributed by atoms with E-state index in [0.29, 0.717) is 5.69 Å². The van der Waals surface area contributed by atoms with Crippen molar-refractivity contribution < 1.29 is 13.9 Å². The molecule has 1 N–H and O–H groups in total. The number of ether oxygens (including phenoxy) is 2. The Labute approximate surface area is 213 Å². The predicted molar refractivity (Wildman–Crippen MR) is 142 cm³/mol. The number of piperazine rings is 1. The topological polar surface area (TPSA) is 49.3 Å². The van der Waals surface area contributed by atoms with Crippen LogP contribution in [0, 0.1) is 5.82 Å². The van der Waals surface area contributed by atoms with Crippen molar-refractivity contribution in [3.8, 4) is 5.75 Å². The second kappa shape index (κ2) is 11.9. The molecule has 6 nitrogen and oxygen atoms in total. The zero-order chi connectivity index (χ0) is 22.4. The summed E-state index contributed by atoms with van der Waals surface area (Å²) in [5, 5.41) is 3.64. The lowest BCUT2D eigenvalue weighted by Crippen LogP contribution is -2.55. The molecule has 0 atom stereocenters. The Bertz CT molecular complexity index is 911. The van der Waals surface area contributed by atoms with Crippen molar-refractivity contribution in [1.82, 2.24) is 10.2 Å². The van der Waals surface area contributed by atoms with Crippen molar-refractivity contribution in [3.63, 3.8) is 0 Å². The van der Waals surface area contributed by atoms with E-state index in [1.54, 1.807) is 13.2 Å². The average molecular weight is 568 g/mol. The normalized spacial score (nSPS) is 18.5. The first-order valence-electron chi connectivity index (χ1n) is 11.3. The van der Waals surface area contributed by atoms with Crippen LogP contribution in [0.4, 0.5) is 10.1 Å². The minimum absolute atomic E-state index is 0. The molecule has 2 saturated heterocycles. The van der Waals surface area contributed by atoms with E-state index < -0.39 is 0 Å². The van der Waals surface area contributed by atoms with Crippen molar-refractivity contribution >= 4 is 35.6 Å². The first-order chi connectivity index (χ1) is 15.6. The Morgan fingerprint density at radius 2 is 1.73 bits per heavy atom. The second-order valence-electron chi connectivity index (χ2n) is 8.45. The first kappa shape index (κ1) is 25.6. The van der Waals surface area contributed by atoms with Gasteiger partial charge in [0.05, 0.1) is 12.8 Å². The standard InChI is InChI=1S/C25H33FN4O2.HI/c1-27-24(30-15-13-29(14-16-30)23-6-4-3-5-22(23)26)28-19-25(11-17-32-18-12-25)20-7-9-21(31-2)10-8-20;/h3-10H,11-19H2,1-2H3,(H,27,28);1H. The van der Waals surface area contributed by atoms with Gasteiger partial charge in [0.2, 0.25) is 0 Å². The number of guanidine groups is 1. The van der Waals surface area contributed by atoms with Crippen molar-refractivity contribution in [2.45, 2.75) is 18.3 Å². The quantitative estimate of drug-likeness (QED) is 0.337. The summed E-state index contributed by atoms with van der Waals surface area (Å²) in [7, 11) is 3.52. The number of anilines is 1. The Morgan fingerprint density at radius 3 is 2.33 bits per heavy atom. The molecule has 33 heavy (non-hydrogen) atoms. The Kier molecular flexibility index (Phi) is 9.19. The molecule has 8 heteroatoms. The number of methoxy groups -OCH3 is 1. The lowest BCUT2D eigenvalue weighted by Gasteiger charge is -2.41. The molecule has 2 aromatic carbocycles. The van der Waals surface area contributed by atoms with Gasteiger partial charge >= 0.3 is 0 Å². The summed E-state index contributed by atoms with van der Waals surface area (Å²) in [6.07, 6.45) is 1.93. The average Bonchev–Trinajstić information content (AvgIpc) is 2.86. The summed E-state index contributed by atoms with van der Waals surface area (Å²) in [6, 6.07) is 15.4. The van der Waals surface area contributed by atoms with Crippen LogP contribution in [0.25, 0.3) is 0 Å². The number of nitrogens with zero attached hydrogens (tertiary/aromatic N) is 3. The highest BCUT2D eigenvalue weighted by Gasteiger charge is 2.35. The highest BCUT2D eigenvalue weighted by molar-refractivity contribution is 14.0. The van der Waals surface area contributed by atoms with Gasteiger partial charge in [0, 0.05) is 58.4 Å². The van der Waals surface area contributed by atoms with Crippen LogP contribution in [0.3, 0.4) is 0 Å². The molecule has 0 bridgehead atoms. The molecule has 2 fully saturated rings. The number of nitrogens with one attached hydrogen (secondary N) is 1. The molecular formula is C25H34FIN4O2. The number of hydrogen-bond acceptors (Lipinski definition) is 4. The van der Waals surface area contributed by atoms with Gasteiger partial charge in [0.1, 0.15) is 11.6 Å². The van der Waals surface area contributed by atoms with E-state index in [1.165, 1.54) is 11.6 Å². The molecule has 0 amide bonds. The molecule has 0 unspecified atom stereocenters. The molecule has 0 aliphatic carbocycles. The van der Waals surface area contributed by atoms with Gasteiger partial charge in [-0.2, -0.15) is 0 Å². The molecule has 0 aromatic heterocycles. The third-order valence-corrected chi connectivity index (χ3v) is 6.72. The monoisotopic (exact) mass is 568 g/mol. The number of para-hydroxylation sites is 1. The highest BCUT2D eigenvalue weighted by Crippen LogP contribution is 2.35. The van der Waals surface area contributed by atoms with Crippen LogP contribution in [-0.4, -0.2) is 71.0 Å². The van der Waals surface area contributed by atoms with Crippen LogP contribution in [0.5, 0.6) is 5.75 Å². The van der Waals surface area contributed by atoms with E-state index in [1.807, 2.05) is 31.3 Å². The predicted octanol–water partition coefficient (Wildman–Crippen LogP) is 3.90. The highest BCUT2D eigenvalue weighted by atomic mass is 127. The first-order valence-corrected chi connectivity index (χ1v) is 11.3. The van der Waals surface area contributed by atoms with Gasteiger partial charge in [-0.05, 0) is 42.7 Å². The van der Waals surface area contributed by atoms with Crippen LogP contribution in [-0.2, 0) is 10.2 Å². The van der Waals surface area contributed by atoms with Crippen molar-refractivity contribution in [1.29, 1.82) is 0 Å². The van der Waals surface area contributed by atoms with Gasteiger partial charge < -0.3 is 24.6 Å². The van der Waals surface area contributed by atoms with Crippen LogP contribution >= 0.6 is 24.0 Å². The van der Waals surface area contributed by atoms with Crippen LogP contribution < -0.4 is 15.0 Å². The van der Waals surface area contributed by atoms with Crippen LogP contribution in [0.1, 0.15) is 18.4 Å². The smallest absolute Gasteiger partial charge is 0.193 e. The van der Waals surface area contributed by atoms with E-state index >= 15 is 0 Å². The molecule has 180 valence electrons. The van der Waals surface area contributed by atoms with Gasteiger partial charge in [-0.15, -0.1) is 24.0 Å². The minimum atomic E-state index is -0.163. The maximum absolute atomic E-state index is 14.2. The van der Waals surface area contributed by atoms with E-state index in [4.69, 9.17) is 9.47 Å². The van der Waals surface area contributed by atoms with Gasteiger partial charge in [-0.25, -0.2) is 4.39 Å². The largest absolute Gasteiger partial charge is 0.497 e. The maximum Gasteiger partial charge on any atom is 0.193 e. The number of rotatable bonds is 5. The molecule has 2 aromatic rings. The van der Waals surface area contributed by atoms with E-state index in [9.17, 15) is 4.39 Å². The number of benzene rings is 2. The minimum Gasteiger partial charge on any atom is -0.497 e. The fourth-order valence-electron chi connectivity index (χ4n) is 4.72. The summed E-state index contributed by atoms with van der Waals surface area (Å²) in [6.45, 7) is 5.43.